The minimum absolute atomic E-state index is 0.0277. The van der Waals surface area contributed by atoms with Crippen LogP contribution >= 0.6 is 20.2 Å². The molecule has 0 aromatic heterocycles. The Morgan fingerprint density at radius 3 is 1.82 bits per heavy atom. The number of alkyl halides is 10. The van der Waals surface area contributed by atoms with Crippen molar-refractivity contribution in [2.75, 3.05) is 0 Å². The predicted molar refractivity (Wildman–Crippen MR) is 64.8 cm³/mol. The Labute approximate surface area is 125 Å². The Bertz CT molecular complexity index is 573. The zero-order valence-corrected chi connectivity index (χ0v) is 12.6. The number of rotatable bonds is 0. The molecule has 0 atom stereocenters. The van der Waals surface area contributed by atoms with Crippen LogP contribution in [0.1, 0.15) is 11.1 Å². The molecule has 0 spiro atoms. The molecule has 1 nitrogen and oxygen atoms in total. The molecule has 0 saturated carbocycles. The van der Waals surface area contributed by atoms with E-state index in [4.69, 9.17) is 0 Å². The van der Waals surface area contributed by atoms with E-state index in [1.165, 1.54) is 6.92 Å². The van der Waals surface area contributed by atoms with E-state index in [-0.39, 0.29) is 5.56 Å². The number of halogens is 10. The van der Waals surface area contributed by atoms with Crippen molar-refractivity contribution in [3.63, 3.8) is 0 Å². The molecule has 1 aromatic carbocycles. The van der Waals surface area contributed by atoms with Gasteiger partial charge in [-0.25, -0.2) is 0 Å². The van der Waals surface area contributed by atoms with Crippen LogP contribution in [0, 0.1) is 10.5 Å². The van der Waals surface area contributed by atoms with Crippen molar-refractivity contribution in [3.05, 3.63) is 32.9 Å². The molecule has 0 saturated heterocycles. The van der Waals surface area contributed by atoms with Gasteiger partial charge in [0.15, 0.2) is 0 Å². The SMILES string of the molecule is Cc1ccc2c(c1)C(C(F)(F)F)(C(F)(F)F)OI2C(F)(F)F. The van der Waals surface area contributed by atoms with Gasteiger partial charge in [-0.05, 0) is 0 Å². The summed E-state index contributed by atoms with van der Waals surface area (Å²) in [5, 5.41) is 0. The molecule has 1 heterocycles. The first kappa shape index (κ1) is 17.6. The summed E-state index contributed by atoms with van der Waals surface area (Å²) < 4.78 is 115. The van der Waals surface area contributed by atoms with Gasteiger partial charge in [-0.2, -0.15) is 0 Å². The molecule has 0 aliphatic carbocycles. The first-order valence-electron chi connectivity index (χ1n) is 5.43. The van der Waals surface area contributed by atoms with Crippen LogP contribution in [0.15, 0.2) is 18.2 Å². The van der Waals surface area contributed by atoms with Gasteiger partial charge in [-0.1, -0.05) is 0 Å². The van der Waals surface area contributed by atoms with Crippen molar-refractivity contribution in [2.24, 2.45) is 0 Å². The summed E-state index contributed by atoms with van der Waals surface area (Å²) in [7, 11) is 0. The molecule has 2 rings (SSSR count). The van der Waals surface area contributed by atoms with Gasteiger partial charge in [0.05, 0.1) is 0 Å². The van der Waals surface area contributed by atoms with Crippen LogP contribution in [0.2, 0.25) is 0 Å². The van der Waals surface area contributed by atoms with Crippen LogP contribution in [0.5, 0.6) is 0 Å². The van der Waals surface area contributed by atoms with Crippen LogP contribution in [-0.4, -0.2) is 16.5 Å². The number of hydrogen-bond acceptors (Lipinski definition) is 1. The molecule has 0 unspecified atom stereocenters. The number of fused-ring (bicyclic) bond motifs is 1. The summed E-state index contributed by atoms with van der Waals surface area (Å²) in [5.74, 6) is 0. The molecule has 22 heavy (non-hydrogen) atoms. The second-order valence-corrected chi connectivity index (χ2v) is 8.66. The number of benzene rings is 1. The third kappa shape index (κ3) is 2.45. The standard InChI is InChI=1S/C11H6F9IO/c1-5-2-3-7-6(4-5)8(9(12,13)14,10(15,16)17)22-21(7)11(18,19)20/h2-4H,1H3. The van der Waals surface area contributed by atoms with Crippen molar-refractivity contribution in [2.45, 2.75) is 29.1 Å². The summed E-state index contributed by atoms with van der Waals surface area (Å²) >= 11 is -5.16. The molecule has 0 amide bonds. The van der Waals surface area contributed by atoms with Crippen LogP contribution in [0.3, 0.4) is 0 Å². The monoisotopic (exact) mass is 452 g/mol. The van der Waals surface area contributed by atoms with E-state index in [0.717, 1.165) is 6.07 Å². The van der Waals surface area contributed by atoms with Crippen molar-refractivity contribution in [1.82, 2.24) is 0 Å². The Hall–Kier alpha value is -0.720. The quantitative estimate of drug-likeness (QED) is 0.289. The predicted octanol–water partition coefficient (Wildman–Crippen LogP) is 5.46. The molecule has 1 aromatic rings. The minimum atomic E-state index is -6.06. The summed E-state index contributed by atoms with van der Waals surface area (Å²) in [6.45, 7) is 1.18. The van der Waals surface area contributed by atoms with Crippen molar-refractivity contribution in [1.29, 1.82) is 0 Å². The number of aryl methyl sites for hydroxylation is 1. The maximum atomic E-state index is 13.1. The number of hydrogen-bond donors (Lipinski definition) is 0. The zero-order chi connectivity index (χ0) is 17.1. The van der Waals surface area contributed by atoms with Gasteiger partial charge < -0.3 is 0 Å². The van der Waals surface area contributed by atoms with E-state index in [2.05, 4.69) is 3.07 Å². The third-order valence-electron chi connectivity index (χ3n) is 2.87. The Balaban J connectivity index is 2.82. The topological polar surface area (TPSA) is 9.23 Å². The molecule has 0 N–H and O–H groups in total. The van der Waals surface area contributed by atoms with E-state index in [0.29, 0.717) is 12.1 Å². The van der Waals surface area contributed by atoms with Crippen molar-refractivity contribution in [3.8, 4) is 0 Å². The van der Waals surface area contributed by atoms with Crippen LogP contribution in [0.4, 0.5) is 39.5 Å². The Kier molecular flexibility index (Phi) is 3.92. The normalized spacial score (nSPS) is 20.2. The molecule has 0 bridgehead atoms. The molecular weight excluding hydrogens is 446 g/mol. The van der Waals surface area contributed by atoms with E-state index in [9.17, 15) is 39.5 Å². The molecule has 1 aliphatic rings. The summed E-state index contributed by atoms with van der Waals surface area (Å²) in [5.41, 5.74) is -6.46. The summed E-state index contributed by atoms with van der Waals surface area (Å²) in [4.78, 5) is 0. The average Bonchev–Trinajstić information content (AvgIpc) is 2.62. The van der Waals surface area contributed by atoms with Gasteiger partial charge in [0, 0.05) is 0 Å². The first-order chi connectivity index (χ1) is 9.72. The average molecular weight is 452 g/mol. The third-order valence-corrected chi connectivity index (χ3v) is 7.08. The molecular formula is C11H6F9IO. The van der Waals surface area contributed by atoms with Gasteiger partial charge >= 0.3 is 125 Å². The molecule has 1 aliphatic heterocycles. The fourth-order valence-electron chi connectivity index (χ4n) is 1.97. The van der Waals surface area contributed by atoms with Gasteiger partial charge in [-0.3, -0.25) is 0 Å². The summed E-state index contributed by atoms with van der Waals surface area (Å²) in [6, 6.07) is 2.13. The van der Waals surface area contributed by atoms with E-state index < -0.39 is 51.5 Å². The van der Waals surface area contributed by atoms with E-state index in [1.807, 2.05) is 0 Å². The van der Waals surface area contributed by atoms with E-state index in [1.54, 1.807) is 0 Å². The fourth-order valence-corrected chi connectivity index (χ4v) is 6.08. The molecule has 11 heteroatoms. The zero-order valence-electron chi connectivity index (χ0n) is 10.4. The molecule has 0 fully saturated rings. The van der Waals surface area contributed by atoms with Gasteiger partial charge in [0.2, 0.25) is 0 Å². The van der Waals surface area contributed by atoms with Crippen LogP contribution in [-0.2, 0) is 8.67 Å². The van der Waals surface area contributed by atoms with Gasteiger partial charge in [0.1, 0.15) is 0 Å². The Morgan fingerprint density at radius 2 is 1.41 bits per heavy atom. The molecule has 0 radical (unpaired) electrons. The second-order valence-electron chi connectivity index (χ2n) is 4.41. The van der Waals surface area contributed by atoms with Gasteiger partial charge in [0.25, 0.3) is 0 Å². The van der Waals surface area contributed by atoms with Crippen molar-refractivity contribution < 1.29 is 42.6 Å². The van der Waals surface area contributed by atoms with Crippen LogP contribution < -0.4 is 0 Å². The van der Waals surface area contributed by atoms with Crippen molar-refractivity contribution >= 4 is 20.2 Å². The maximum absolute atomic E-state index is 13.1. The summed E-state index contributed by atoms with van der Waals surface area (Å²) in [6.07, 6.45) is -12.1. The second kappa shape index (κ2) is 4.89. The van der Waals surface area contributed by atoms with Gasteiger partial charge in [-0.15, -0.1) is 0 Å². The fraction of sp³-hybridized carbons (Fsp3) is 0.455. The molecule has 126 valence electrons. The first-order valence-corrected chi connectivity index (χ1v) is 8.46. The Morgan fingerprint density at radius 1 is 0.909 bits per heavy atom. The van der Waals surface area contributed by atoms with Crippen LogP contribution in [0.25, 0.3) is 0 Å². The van der Waals surface area contributed by atoms with E-state index >= 15 is 0 Å².